The summed E-state index contributed by atoms with van der Waals surface area (Å²) >= 11 is 0. The highest BCUT2D eigenvalue weighted by atomic mass is 19.4. The molecular formula is C21H22F4N6O4. The first-order valence-electron chi connectivity index (χ1n) is 10.4. The van der Waals surface area contributed by atoms with Crippen molar-refractivity contribution in [3.05, 3.63) is 57.3 Å². The molecule has 3 heterocycles. The Bertz CT molecular complexity index is 1300. The minimum Gasteiger partial charge on any atom is -0.464 e. The highest BCUT2D eigenvalue weighted by Gasteiger charge is 2.39. The molecule has 3 rings (SSSR count). The van der Waals surface area contributed by atoms with Crippen LogP contribution in [0.15, 0.2) is 23.1 Å². The molecule has 0 spiro atoms. The van der Waals surface area contributed by atoms with Gasteiger partial charge in [-0.05, 0) is 45.4 Å². The number of amides is 1. The molecule has 188 valence electrons. The van der Waals surface area contributed by atoms with Crippen LogP contribution in [-0.2, 0) is 13.2 Å². The smallest absolute Gasteiger partial charge is 0.425 e. The van der Waals surface area contributed by atoms with Gasteiger partial charge in [0.05, 0.1) is 11.4 Å². The standard InChI is InChI=1S/C21H22F4N6O4/c1-5-30-15(9-32)29-31(20(30)34)17-14(22)8-13(19(28-17)35-12(4)21(23,24)25)18(33)27-16-10(2)6-7-26-11(16)3/h6-8,12,32H,5,9H2,1-4H3,(H,27,33)/t12-/m0/s1. The summed E-state index contributed by atoms with van der Waals surface area (Å²) in [5, 5.41) is 15.7. The number of aliphatic hydroxyl groups is 1. The lowest BCUT2D eigenvalue weighted by Gasteiger charge is -2.19. The van der Waals surface area contributed by atoms with E-state index in [4.69, 9.17) is 4.74 Å². The number of anilines is 1. The number of nitrogens with one attached hydrogen (secondary N) is 1. The zero-order valence-electron chi connectivity index (χ0n) is 19.1. The summed E-state index contributed by atoms with van der Waals surface area (Å²) in [7, 11) is 0. The maximum atomic E-state index is 15.1. The number of carbonyl (C=O) groups excluding carboxylic acids is 1. The van der Waals surface area contributed by atoms with E-state index in [0.717, 1.165) is 4.57 Å². The van der Waals surface area contributed by atoms with Crippen LogP contribution in [0, 0.1) is 19.7 Å². The second-order valence-corrected chi connectivity index (χ2v) is 7.50. The van der Waals surface area contributed by atoms with E-state index in [1.807, 2.05) is 0 Å². The molecule has 1 atom stereocenters. The minimum atomic E-state index is -4.83. The van der Waals surface area contributed by atoms with Crippen molar-refractivity contribution in [3.63, 3.8) is 0 Å². The highest BCUT2D eigenvalue weighted by Crippen LogP contribution is 2.29. The van der Waals surface area contributed by atoms with Gasteiger partial charge in [0.1, 0.15) is 12.2 Å². The van der Waals surface area contributed by atoms with Crippen LogP contribution < -0.4 is 15.7 Å². The van der Waals surface area contributed by atoms with Gasteiger partial charge in [-0.1, -0.05) is 0 Å². The van der Waals surface area contributed by atoms with Crippen molar-refractivity contribution in [1.29, 1.82) is 0 Å². The molecule has 1 amide bonds. The topological polar surface area (TPSA) is 124 Å². The molecule has 0 saturated carbocycles. The fraction of sp³-hybridized carbons (Fsp3) is 0.381. The predicted molar refractivity (Wildman–Crippen MR) is 115 cm³/mol. The van der Waals surface area contributed by atoms with Gasteiger partial charge >= 0.3 is 11.9 Å². The zero-order chi connectivity index (χ0) is 26.1. The summed E-state index contributed by atoms with van der Waals surface area (Å²) in [5.74, 6) is -4.02. The monoisotopic (exact) mass is 498 g/mol. The number of carbonyl (C=O) groups is 1. The van der Waals surface area contributed by atoms with Crippen molar-refractivity contribution in [2.75, 3.05) is 5.32 Å². The molecule has 3 aromatic rings. The van der Waals surface area contributed by atoms with E-state index in [0.29, 0.717) is 28.9 Å². The predicted octanol–water partition coefficient (Wildman–Crippen LogP) is 2.67. The molecule has 0 aliphatic carbocycles. The van der Waals surface area contributed by atoms with Crippen molar-refractivity contribution in [3.8, 4) is 11.7 Å². The molecule has 0 bridgehead atoms. The van der Waals surface area contributed by atoms with Crippen molar-refractivity contribution >= 4 is 11.6 Å². The van der Waals surface area contributed by atoms with Crippen LogP contribution in [0.2, 0.25) is 0 Å². The maximum Gasteiger partial charge on any atom is 0.425 e. The largest absolute Gasteiger partial charge is 0.464 e. The number of aliphatic hydroxyl groups excluding tert-OH is 1. The van der Waals surface area contributed by atoms with Gasteiger partial charge < -0.3 is 15.2 Å². The molecule has 14 heteroatoms. The minimum absolute atomic E-state index is 0.0785. The number of nitrogens with zero attached hydrogens (tertiary/aromatic N) is 5. The van der Waals surface area contributed by atoms with E-state index in [1.54, 1.807) is 26.8 Å². The third-order valence-electron chi connectivity index (χ3n) is 5.10. The molecule has 0 unspecified atom stereocenters. The number of pyridine rings is 2. The molecule has 10 nitrogen and oxygen atoms in total. The molecule has 3 aromatic heterocycles. The van der Waals surface area contributed by atoms with Crippen LogP contribution in [0.3, 0.4) is 0 Å². The number of halogens is 4. The highest BCUT2D eigenvalue weighted by molar-refractivity contribution is 6.06. The maximum absolute atomic E-state index is 15.1. The van der Waals surface area contributed by atoms with Crippen LogP contribution in [0.1, 0.15) is 41.3 Å². The number of hydrogen-bond donors (Lipinski definition) is 2. The fourth-order valence-corrected chi connectivity index (χ4v) is 3.17. The Morgan fingerprint density at radius 3 is 2.54 bits per heavy atom. The van der Waals surface area contributed by atoms with Gasteiger partial charge in [0, 0.05) is 12.7 Å². The van der Waals surface area contributed by atoms with E-state index in [1.165, 1.54) is 6.20 Å². The third kappa shape index (κ3) is 5.16. The fourth-order valence-electron chi connectivity index (χ4n) is 3.17. The Morgan fingerprint density at radius 1 is 1.31 bits per heavy atom. The Balaban J connectivity index is 2.16. The summed E-state index contributed by atoms with van der Waals surface area (Å²) in [6, 6.07) is 2.20. The van der Waals surface area contributed by atoms with Gasteiger partial charge in [-0.25, -0.2) is 9.18 Å². The van der Waals surface area contributed by atoms with Gasteiger partial charge in [0.25, 0.3) is 5.91 Å². The summed E-state index contributed by atoms with van der Waals surface area (Å²) in [6.07, 6.45) is -5.74. The second kappa shape index (κ2) is 9.82. The first kappa shape index (κ1) is 25.8. The Kier molecular flexibility index (Phi) is 7.24. The van der Waals surface area contributed by atoms with Gasteiger partial charge in [0.2, 0.25) is 5.88 Å². The third-order valence-corrected chi connectivity index (χ3v) is 5.10. The van der Waals surface area contributed by atoms with E-state index in [-0.39, 0.29) is 18.1 Å². The lowest BCUT2D eigenvalue weighted by atomic mass is 10.1. The average Bonchev–Trinajstić information content (AvgIpc) is 3.11. The van der Waals surface area contributed by atoms with Crippen LogP contribution in [0.5, 0.6) is 5.88 Å². The number of hydrogen-bond acceptors (Lipinski definition) is 7. The van der Waals surface area contributed by atoms with Crippen molar-refractivity contribution < 1.29 is 32.2 Å². The Morgan fingerprint density at radius 2 is 2.00 bits per heavy atom. The van der Waals surface area contributed by atoms with Crippen molar-refractivity contribution in [2.24, 2.45) is 0 Å². The molecule has 0 aliphatic rings. The first-order chi connectivity index (χ1) is 16.4. The SMILES string of the molecule is CCn1c(CO)nn(-c2nc(O[C@@H](C)C(F)(F)F)c(C(=O)Nc3c(C)ccnc3C)cc2F)c1=O. The van der Waals surface area contributed by atoms with E-state index in [9.17, 15) is 27.9 Å². The van der Waals surface area contributed by atoms with Crippen LogP contribution in [0.4, 0.5) is 23.2 Å². The Hall–Kier alpha value is -3.81. The van der Waals surface area contributed by atoms with Crippen molar-refractivity contribution in [2.45, 2.75) is 53.1 Å². The molecule has 0 aliphatic heterocycles. The van der Waals surface area contributed by atoms with Gasteiger partial charge in [-0.2, -0.15) is 22.8 Å². The van der Waals surface area contributed by atoms with E-state index < -0.39 is 53.6 Å². The first-order valence-corrected chi connectivity index (χ1v) is 10.4. The summed E-state index contributed by atoms with van der Waals surface area (Å²) in [5.41, 5.74) is -0.229. The quantitative estimate of drug-likeness (QED) is 0.480. The summed E-state index contributed by atoms with van der Waals surface area (Å²) in [6.45, 7) is 4.95. The number of rotatable bonds is 7. The average molecular weight is 498 g/mol. The van der Waals surface area contributed by atoms with Crippen LogP contribution in [0.25, 0.3) is 5.82 Å². The van der Waals surface area contributed by atoms with Gasteiger partial charge in [-0.15, -0.1) is 5.10 Å². The molecule has 0 fully saturated rings. The van der Waals surface area contributed by atoms with Crippen LogP contribution in [-0.4, -0.2) is 47.6 Å². The molecule has 35 heavy (non-hydrogen) atoms. The number of aryl methyl sites for hydroxylation is 2. The molecule has 2 N–H and O–H groups in total. The number of ether oxygens (including phenoxy) is 1. The van der Waals surface area contributed by atoms with E-state index in [2.05, 4.69) is 20.4 Å². The number of aromatic nitrogens is 5. The Labute approximate surface area is 196 Å². The molecule has 0 saturated heterocycles. The van der Waals surface area contributed by atoms with E-state index >= 15 is 4.39 Å². The summed E-state index contributed by atoms with van der Waals surface area (Å²) < 4.78 is 61.1. The van der Waals surface area contributed by atoms with Crippen LogP contribution >= 0.6 is 0 Å². The van der Waals surface area contributed by atoms with Crippen molar-refractivity contribution in [1.82, 2.24) is 24.3 Å². The lowest BCUT2D eigenvalue weighted by molar-refractivity contribution is -0.190. The van der Waals surface area contributed by atoms with Gasteiger partial charge in [0.15, 0.2) is 23.6 Å². The second-order valence-electron chi connectivity index (χ2n) is 7.50. The molecular weight excluding hydrogens is 476 g/mol. The molecule has 0 aromatic carbocycles. The molecule has 0 radical (unpaired) electrons. The lowest BCUT2D eigenvalue weighted by Crippen LogP contribution is -2.33. The van der Waals surface area contributed by atoms with Gasteiger partial charge in [-0.3, -0.25) is 14.3 Å². The number of alkyl halides is 3. The summed E-state index contributed by atoms with van der Waals surface area (Å²) in [4.78, 5) is 33.3. The normalized spacial score (nSPS) is 12.5. The zero-order valence-corrected chi connectivity index (χ0v) is 19.1.